The van der Waals surface area contributed by atoms with E-state index in [1.807, 2.05) is 15.9 Å². The summed E-state index contributed by atoms with van der Waals surface area (Å²) in [6, 6.07) is 5.46. The lowest BCUT2D eigenvalue weighted by Gasteiger charge is -2.31. The molecule has 1 aromatic carbocycles. The van der Waals surface area contributed by atoms with Crippen LogP contribution in [0.2, 0.25) is 0 Å². The third kappa shape index (κ3) is 4.66. The van der Waals surface area contributed by atoms with Crippen molar-refractivity contribution in [3.05, 3.63) is 23.8 Å². The van der Waals surface area contributed by atoms with E-state index in [0.29, 0.717) is 42.5 Å². The number of fused-ring (bicyclic) bond motifs is 1. The van der Waals surface area contributed by atoms with E-state index in [1.165, 1.54) is 0 Å². The Morgan fingerprint density at radius 2 is 1.97 bits per heavy atom. The Kier molecular flexibility index (Phi) is 7.00. The lowest BCUT2D eigenvalue weighted by Crippen LogP contribution is -2.44. The molecule has 0 bridgehead atoms. The molecule has 1 aromatic rings. The Balaban J connectivity index is 1.47. The van der Waals surface area contributed by atoms with Gasteiger partial charge in [-0.2, -0.15) is 0 Å². The standard InChI is InChI=1S/C24H34N2O5/c1-29-21-10-5-9-19(23(21)30-2)24(28)26-13-4-3-7-17-15-25(16-20(17)26)22(27)12-11-18-8-6-14-31-18/h5,9-10,17-18,20H,3-4,6-8,11-16H2,1-2H3/t17-,18-,20+/m0/s1. The second kappa shape index (κ2) is 9.90. The number of hydrogen-bond acceptors (Lipinski definition) is 5. The van der Waals surface area contributed by atoms with E-state index in [0.717, 1.165) is 51.7 Å². The van der Waals surface area contributed by atoms with Crippen LogP contribution < -0.4 is 9.47 Å². The van der Waals surface area contributed by atoms with E-state index >= 15 is 0 Å². The normalized spacial score (nSPS) is 25.8. The second-order valence-corrected chi connectivity index (χ2v) is 8.84. The first-order valence-corrected chi connectivity index (χ1v) is 11.5. The highest BCUT2D eigenvalue weighted by atomic mass is 16.5. The number of carbonyl (C=O) groups is 2. The SMILES string of the molecule is COc1cccc(C(=O)N2CCCC[C@H]3CN(C(=O)CC[C@@H]4CCCO4)C[C@H]32)c1OC. The highest BCUT2D eigenvalue weighted by Crippen LogP contribution is 2.35. The highest BCUT2D eigenvalue weighted by Gasteiger charge is 2.42. The van der Waals surface area contributed by atoms with Crippen molar-refractivity contribution in [3.63, 3.8) is 0 Å². The van der Waals surface area contributed by atoms with E-state index in [4.69, 9.17) is 14.2 Å². The van der Waals surface area contributed by atoms with Gasteiger partial charge in [0.1, 0.15) is 0 Å². The van der Waals surface area contributed by atoms with Crippen LogP contribution in [-0.2, 0) is 9.53 Å². The number of carbonyl (C=O) groups excluding carboxylic acids is 2. The Labute approximate surface area is 184 Å². The first-order chi connectivity index (χ1) is 15.1. The van der Waals surface area contributed by atoms with E-state index in [-0.39, 0.29) is 24.0 Å². The fourth-order valence-electron chi connectivity index (χ4n) is 5.33. The quantitative estimate of drug-likeness (QED) is 0.694. The van der Waals surface area contributed by atoms with Crippen LogP contribution in [0.15, 0.2) is 18.2 Å². The summed E-state index contributed by atoms with van der Waals surface area (Å²) in [5.41, 5.74) is 0.519. The number of ether oxygens (including phenoxy) is 3. The minimum Gasteiger partial charge on any atom is -0.493 e. The summed E-state index contributed by atoms with van der Waals surface area (Å²) >= 11 is 0. The van der Waals surface area contributed by atoms with Crippen LogP contribution in [0.5, 0.6) is 11.5 Å². The van der Waals surface area contributed by atoms with Gasteiger partial charge in [-0.05, 0) is 50.2 Å². The summed E-state index contributed by atoms with van der Waals surface area (Å²) in [6.45, 7) is 2.89. The molecule has 0 N–H and O–H groups in total. The van der Waals surface area contributed by atoms with Crippen LogP contribution in [0.3, 0.4) is 0 Å². The monoisotopic (exact) mass is 430 g/mol. The number of para-hydroxylation sites is 1. The molecule has 3 atom stereocenters. The predicted octanol–water partition coefficient (Wildman–Crippen LogP) is 3.12. The number of methoxy groups -OCH3 is 2. The molecule has 170 valence electrons. The zero-order chi connectivity index (χ0) is 21.8. The van der Waals surface area contributed by atoms with E-state index in [9.17, 15) is 9.59 Å². The van der Waals surface area contributed by atoms with Crippen molar-refractivity contribution in [2.75, 3.05) is 40.5 Å². The van der Waals surface area contributed by atoms with Crippen molar-refractivity contribution in [3.8, 4) is 11.5 Å². The summed E-state index contributed by atoms with van der Waals surface area (Å²) in [7, 11) is 3.13. The Morgan fingerprint density at radius 1 is 1.10 bits per heavy atom. The summed E-state index contributed by atoms with van der Waals surface area (Å²) in [6.07, 6.45) is 6.84. The van der Waals surface area contributed by atoms with E-state index in [2.05, 4.69) is 0 Å². The van der Waals surface area contributed by atoms with Crippen molar-refractivity contribution < 1.29 is 23.8 Å². The lowest BCUT2D eigenvalue weighted by molar-refractivity contribution is -0.131. The molecule has 7 heteroatoms. The smallest absolute Gasteiger partial charge is 0.258 e. The van der Waals surface area contributed by atoms with Crippen LogP contribution in [0, 0.1) is 5.92 Å². The molecule has 3 aliphatic rings. The average molecular weight is 431 g/mol. The Morgan fingerprint density at radius 3 is 2.71 bits per heavy atom. The maximum absolute atomic E-state index is 13.6. The van der Waals surface area contributed by atoms with Gasteiger partial charge in [0, 0.05) is 32.7 Å². The number of likely N-dealkylation sites (tertiary alicyclic amines) is 2. The predicted molar refractivity (Wildman–Crippen MR) is 116 cm³/mol. The molecule has 7 nitrogen and oxygen atoms in total. The summed E-state index contributed by atoms with van der Waals surface area (Å²) in [5.74, 6) is 1.50. The molecular weight excluding hydrogens is 396 g/mol. The molecule has 0 aromatic heterocycles. The second-order valence-electron chi connectivity index (χ2n) is 8.84. The average Bonchev–Trinajstić information content (AvgIpc) is 3.43. The van der Waals surface area contributed by atoms with Gasteiger partial charge in [-0.1, -0.05) is 12.5 Å². The maximum Gasteiger partial charge on any atom is 0.258 e. The van der Waals surface area contributed by atoms with Crippen molar-refractivity contribution in [2.24, 2.45) is 5.92 Å². The van der Waals surface area contributed by atoms with Gasteiger partial charge in [0.15, 0.2) is 11.5 Å². The first kappa shape index (κ1) is 21.9. The summed E-state index contributed by atoms with van der Waals surface area (Å²) in [5, 5.41) is 0. The minimum absolute atomic E-state index is 0.0405. The summed E-state index contributed by atoms with van der Waals surface area (Å²) in [4.78, 5) is 30.4. The molecule has 3 aliphatic heterocycles. The van der Waals surface area contributed by atoms with Crippen molar-refractivity contribution in [2.45, 2.75) is 57.1 Å². The Hall–Kier alpha value is -2.28. The molecule has 0 aliphatic carbocycles. The fourth-order valence-corrected chi connectivity index (χ4v) is 5.33. The zero-order valence-corrected chi connectivity index (χ0v) is 18.7. The van der Waals surface area contributed by atoms with Crippen LogP contribution in [0.4, 0.5) is 0 Å². The summed E-state index contributed by atoms with van der Waals surface area (Å²) < 4.78 is 16.6. The molecule has 2 amide bonds. The molecule has 0 radical (unpaired) electrons. The molecular formula is C24H34N2O5. The van der Waals surface area contributed by atoms with Crippen molar-refractivity contribution in [1.82, 2.24) is 9.80 Å². The lowest BCUT2D eigenvalue weighted by atomic mass is 9.98. The van der Waals surface area contributed by atoms with Crippen LogP contribution >= 0.6 is 0 Å². The van der Waals surface area contributed by atoms with Gasteiger partial charge in [-0.3, -0.25) is 9.59 Å². The molecule has 0 spiro atoms. The largest absolute Gasteiger partial charge is 0.493 e. The third-order valence-electron chi connectivity index (χ3n) is 6.98. The molecule has 3 heterocycles. The minimum atomic E-state index is -0.0405. The van der Waals surface area contributed by atoms with Gasteiger partial charge in [0.05, 0.1) is 31.9 Å². The molecule has 0 saturated carbocycles. The highest BCUT2D eigenvalue weighted by molar-refractivity contribution is 5.98. The van der Waals surface area contributed by atoms with E-state index in [1.54, 1.807) is 26.4 Å². The molecule has 3 fully saturated rings. The van der Waals surface area contributed by atoms with Crippen molar-refractivity contribution in [1.29, 1.82) is 0 Å². The number of nitrogens with zero attached hydrogens (tertiary/aromatic N) is 2. The van der Waals surface area contributed by atoms with Crippen molar-refractivity contribution >= 4 is 11.8 Å². The van der Waals surface area contributed by atoms with Gasteiger partial charge in [0.25, 0.3) is 5.91 Å². The van der Waals surface area contributed by atoms with Gasteiger partial charge < -0.3 is 24.0 Å². The maximum atomic E-state index is 13.6. The topological polar surface area (TPSA) is 68.3 Å². The van der Waals surface area contributed by atoms with Gasteiger partial charge >= 0.3 is 0 Å². The number of rotatable bonds is 6. The molecule has 3 saturated heterocycles. The fraction of sp³-hybridized carbons (Fsp3) is 0.667. The Bertz CT molecular complexity index is 792. The number of hydrogen-bond donors (Lipinski definition) is 0. The van der Waals surface area contributed by atoms with Crippen LogP contribution in [-0.4, -0.2) is 74.2 Å². The van der Waals surface area contributed by atoms with E-state index < -0.39 is 0 Å². The van der Waals surface area contributed by atoms with Crippen LogP contribution in [0.25, 0.3) is 0 Å². The molecule has 4 rings (SSSR count). The van der Waals surface area contributed by atoms with Crippen LogP contribution in [0.1, 0.15) is 55.3 Å². The van der Waals surface area contributed by atoms with Gasteiger partial charge in [0.2, 0.25) is 5.91 Å². The molecule has 0 unspecified atom stereocenters. The zero-order valence-electron chi connectivity index (χ0n) is 18.7. The third-order valence-corrected chi connectivity index (χ3v) is 6.98. The molecule has 31 heavy (non-hydrogen) atoms. The van der Waals surface area contributed by atoms with Gasteiger partial charge in [-0.15, -0.1) is 0 Å². The van der Waals surface area contributed by atoms with Gasteiger partial charge in [-0.25, -0.2) is 0 Å². The first-order valence-electron chi connectivity index (χ1n) is 11.5. The number of amides is 2. The number of benzene rings is 1.